The molecule has 1 aromatic heterocycles. The number of halogens is 1. The van der Waals surface area contributed by atoms with Crippen LogP contribution in [0, 0.1) is 0 Å². The molecule has 0 saturated heterocycles. The van der Waals surface area contributed by atoms with E-state index in [1.165, 1.54) is 76.0 Å². The van der Waals surface area contributed by atoms with Crippen molar-refractivity contribution < 1.29 is 4.57 Å². The molecule has 24 heavy (non-hydrogen) atoms. The fourth-order valence-corrected chi connectivity index (χ4v) is 12.5. The molecule has 1 heterocycles. The molecule has 0 unspecified atom stereocenters. The van der Waals surface area contributed by atoms with Crippen molar-refractivity contribution in [3.63, 3.8) is 0 Å². The van der Waals surface area contributed by atoms with Gasteiger partial charge in [0.1, 0.15) is 0 Å². The van der Waals surface area contributed by atoms with Gasteiger partial charge >= 0.3 is 159 Å². The molecule has 142 valence electrons. The van der Waals surface area contributed by atoms with Gasteiger partial charge in [-0.3, -0.25) is 0 Å². The summed E-state index contributed by atoms with van der Waals surface area (Å²) in [6.07, 6.45) is 23.3. The molecule has 2 nitrogen and oxygen atoms in total. The van der Waals surface area contributed by atoms with Gasteiger partial charge in [-0.1, -0.05) is 0 Å². The van der Waals surface area contributed by atoms with Crippen LogP contribution in [-0.4, -0.2) is 29.2 Å². The van der Waals surface area contributed by atoms with Gasteiger partial charge in [-0.2, -0.15) is 0 Å². The molecule has 1 rings (SSSR count). The Hall–Kier alpha value is 0.120. The van der Waals surface area contributed by atoms with Gasteiger partial charge in [0.25, 0.3) is 0 Å². The van der Waals surface area contributed by atoms with Crippen LogP contribution in [0.25, 0.3) is 0 Å². The molecule has 0 saturated carbocycles. The van der Waals surface area contributed by atoms with Gasteiger partial charge in [-0.15, -0.1) is 0 Å². The summed E-state index contributed by atoms with van der Waals surface area (Å²) < 4.78 is 4.46. The second-order valence-corrected chi connectivity index (χ2v) is 19.2. The third kappa shape index (κ3) is 7.56. The zero-order chi connectivity index (χ0) is 17.9. The van der Waals surface area contributed by atoms with Crippen LogP contribution in [-0.2, 0) is 13.6 Å². The van der Waals surface area contributed by atoms with Gasteiger partial charge in [-0.05, 0) is 0 Å². The molecular weight excluding hydrogens is 379 g/mol. The van der Waals surface area contributed by atoms with Crippen LogP contribution >= 0.6 is 20.8 Å². The molecule has 0 aliphatic rings. The summed E-state index contributed by atoms with van der Waals surface area (Å²) in [7, 11) is 2.10. The third-order valence-electron chi connectivity index (χ3n) is 5.42. The minimum atomic E-state index is -1.68. The van der Waals surface area contributed by atoms with Crippen molar-refractivity contribution in [1.82, 2.24) is 4.57 Å². The van der Waals surface area contributed by atoms with Gasteiger partial charge in [-0.25, -0.2) is 0 Å². The summed E-state index contributed by atoms with van der Waals surface area (Å²) >= 11 is 4.51. The number of nitrogens with zero attached hydrogens (tertiary/aromatic N) is 2. The molecule has 0 fully saturated rings. The second-order valence-electron chi connectivity index (χ2n) is 7.80. The van der Waals surface area contributed by atoms with E-state index in [1.807, 2.05) is 0 Å². The maximum atomic E-state index is 4.51. The molecule has 0 bridgehead atoms. The van der Waals surface area contributed by atoms with E-state index in [1.54, 1.807) is 0 Å². The standard InChI is InChI=1S/C20H41BrN2P/c1-5-8-16-24(21,17-9-6-2,18-10-7-3)19-12-11-13-23-15-14-22(4)20-23/h14-15,20H,5-13,16-19H2,1-4H3/q+1. The average Bonchev–Trinajstić information content (AvgIpc) is 3.00. The van der Waals surface area contributed by atoms with E-state index < -0.39 is 5.31 Å². The zero-order valence-electron chi connectivity index (χ0n) is 16.6. The SMILES string of the molecule is CCCCP(Br)(CCCC)(CCCC)CCCCn1cc[n+](C)c1. The summed E-state index contributed by atoms with van der Waals surface area (Å²) in [6, 6.07) is 0. The first-order chi connectivity index (χ1) is 11.5. The average molecular weight is 420 g/mol. The first-order valence-corrected chi connectivity index (χ1v) is 15.2. The van der Waals surface area contributed by atoms with Crippen molar-refractivity contribution in [2.45, 2.75) is 78.7 Å². The van der Waals surface area contributed by atoms with Crippen molar-refractivity contribution in [2.24, 2.45) is 7.05 Å². The summed E-state index contributed by atoms with van der Waals surface area (Å²) in [5.74, 6) is 0. The summed E-state index contributed by atoms with van der Waals surface area (Å²) in [5, 5.41) is -1.68. The van der Waals surface area contributed by atoms with Gasteiger partial charge in [0.15, 0.2) is 0 Å². The Morgan fingerprint density at radius 1 is 0.833 bits per heavy atom. The predicted octanol–water partition coefficient (Wildman–Crippen LogP) is 6.36. The maximum absolute atomic E-state index is 4.51. The van der Waals surface area contributed by atoms with Gasteiger partial charge < -0.3 is 0 Å². The number of hydrogen-bond acceptors (Lipinski definition) is 0. The van der Waals surface area contributed by atoms with Crippen molar-refractivity contribution >= 4 is 20.8 Å². The van der Waals surface area contributed by atoms with Crippen LogP contribution in [0.2, 0.25) is 0 Å². The Balaban J connectivity index is 2.66. The summed E-state index contributed by atoms with van der Waals surface area (Å²) in [5.41, 5.74) is 0. The molecule has 1 aromatic rings. The topological polar surface area (TPSA) is 8.81 Å². The van der Waals surface area contributed by atoms with E-state index in [2.05, 4.69) is 71.2 Å². The van der Waals surface area contributed by atoms with Crippen molar-refractivity contribution in [2.75, 3.05) is 24.6 Å². The number of unbranched alkanes of at least 4 members (excludes halogenated alkanes) is 4. The van der Waals surface area contributed by atoms with Crippen molar-refractivity contribution in [1.29, 1.82) is 0 Å². The molecule has 0 radical (unpaired) electrons. The van der Waals surface area contributed by atoms with Gasteiger partial charge in [0.2, 0.25) is 0 Å². The van der Waals surface area contributed by atoms with E-state index in [0.717, 1.165) is 6.54 Å². The molecule has 0 aliphatic carbocycles. The normalized spacial score (nSPS) is 13.8. The molecule has 0 atom stereocenters. The van der Waals surface area contributed by atoms with Crippen LogP contribution in [0.3, 0.4) is 0 Å². The van der Waals surface area contributed by atoms with Crippen molar-refractivity contribution in [3.8, 4) is 0 Å². The molecule has 0 amide bonds. The monoisotopic (exact) mass is 419 g/mol. The number of aryl methyl sites for hydroxylation is 2. The Kier molecular flexibility index (Phi) is 10.1. The molecule has 4 heteroatoms. The molecular formula is C20H41BrN2P+. The number of rotatable bonds is 14. The summed E-state index contributed by atoms with van der Waals surface area (Å²) in [6.45, 7) is 8.20. The number of aromatic nitrogens is 2. The fraction of sp³-hybridized carbons (Fsp3) is 0.850. The van der Waals surface area contributed by atoms with E-state index in [0.29, 0.717) is 0 Å². The first-order valence-electron chi connectivity index (χ1n) is 10.2. The van der Waals surface area contributed by atoms with Crippen LogP contribution in [0.1, 0.15) is 72.1 Å². The molecule has 0 aliphatic heterocycles. The number of hydrogen-bond donors (Lipinski definition) is 0. The Labute approximate surface area is 159 Å². The molecule has 0 aromatic carbocycles. The zero-order valence-corrected chi connectivity index (χ0v) is 19.1. The van der Waals surface area contributed by atoms with Crippen LogP contribution in [0.5, 0.6) is 0 Å². The Morgan fingerprint density at radius 3 is 1.75 bits per heavy atom. The quantitative estimate of drug-likeness (QED) is 0.188. The third-order valence-corrected chi connectivity index (χ3v) is 15.4. The van der Waals surface area contributed by atoms with Crippen LogP contribution in [0.4, 0.5) is 0 Å². The second kappa shape index (κ2) is 11.0. The molecule has 0 spiro atoms. The molecule has 0 N–H and O–H groups in total. The van der Waals surface area contributed by atoms with E-state index in [-0.39, 0.29) is 0 Å². The Morgan fingerprint density at radius 2 is 1.33 bits per heavy atom. The van der Waals surface area contributed by atoms with Crippen LogP contribution < -0.4 is 4.57 Å². The Bertz CT molecular complexity index is 434. The van der Waals surface area contributed by atoms with E-state index in [9.17, 15) is 0 Å². The minimum absolute atomic E-state index is 1.16. The predicted molar refractivity (Wildman–Crippen MR) is 115 cm³/mol. The van der Waals surface area contributed by atoms with E-state index >= 15 is 0 Å². The number of imidazole rings is 1. The van der Waals surface area contributed by atoms with Gasteiger partial charge in [0, 0.05) is 0 Å². The van der Waals surface area contributed by atoms with Crippen LogP contribution in [0.15, 0.2) is 18.7 Å². The summed E-state index contributed by atoms with van der Waals surface area (Å²) in [4.78, 5) is 0. The van der Waals surface area contributed by atoms with E-state index in [4.69, 9.17) is 0 Å². The first kappa shape index (κ1) is 22.2. The fourth-order valence-electron chi connectivity index (χ4n) is 3.77. The van der Waals surface area contributed by atoms with Crippen molar-refractivity contribution in [3.05, 3.63) is 18.7 Å². The van der Waals surface area contributed by atoms with Gasteiger partial charge in [0.05, 0.1) is 0 Å².